The van der Waals surface area contributed by atoms with Gasteiger partial charge < -0.3 is 0 Å². The standard InChI is InChI=1S/C17H17F.C9H8/c1-6-7-8-13(4)14(5)16-10-9-15(12(2)3)11-17(16)18;1-3-9-7-5-4-6-8(9)2/h1,7-11H,2H2,3-5H3;1,4-7H,2H3/b8-7-,14-13+;. The van der Waals surface area contributed by atoms with Crippen LogP contribution in [0.25, 0.3) is 11.1 Å². The van der Waals surface area contributed by atoms with E-state index in [9.17, 15) is 4.39 Å². The lowest BCUT2D eigenvalue weighted by Gasteiger charge is -2.08. The van der Waals surface area contributed by atoms with Crippen LogP contribution in [0.15, 0.2) is 66.8 Å². The van der Waals surface area contributed by atoms with E-state index < -0.39 is 0 Å². The molecule has 0 atom stereocenters. The molecular formula is C26H25F. The third-order valence-electron chi connectivity index (χ3n) is 4.19. The Labute approximate surface area is 163 Å². The van der Waals surface area contributed by atoms with Gasteiger partial charge in [-0.2, -0.15) is 0 Å². The van der Waals surface area contributed by atoms with Gasteiger partial charge >= 0.3 is 0 Å². The second kappa shape index (κ2) is 10.6. The van der Waals surface area contributed by atoms with Crippen molar-refractivity contribution in [1.29, 1.82) is 0 Å². The van der Waals surface area contributed by atoms with Gasteiger partial charge in [-0.15, -0.1) is 12.8 Å². The molecule has 0 saturated heterocycles. The van der Waals surface area contributed by atoms with E-state index in [4.69, 9.17) is 12.8 Å². The van der Waals surface area contributed by atoms with Crippen molar-refractivity contribution in [3.8, 4) is 24.7 Å². The molecule has 0 aliphatic rings. The Hall–Kier alpha value is -3.29. The Morgan fingerprint density at radius 3 is 2.22 bits per heavy atom. The zero-order valence-corrected chi connectivity index (χ0v) is 16.4. The van der Waals surface area contributed by atoms with E-state index in [0.717, 1.165) is 27.8 Å². The minimum absolute atomic E-state index is 0.235. The summed E-state index contributed by atoms with van der Waals surface area (Å²) >= 11 is 0. The zero-order chi connectivity index (χ0) is 20.4. The van der Waals surface area contributed by atoms with Crippen molar-refractivity contribution in [3.05, 3.63) is 94.8 Å². The third-order valence-corrected chi connectivity index (χ3v) is 4.19. The molecule has 0 aromatic heterocycles. The maximum absolute atomic E-state index is 14.0. The Morgan fingerprint density at radius 1 is 1.07 bits per heavy atom. The summed E-state index contributed by atoms with van der Waals surface area (Å²) < 4.78 is 14.0. The molecule has 1 heteroatoms. The molecule has 0 heterocycles. The Balaban J connectivity index is 0.000000337. The molecule has 0 aliphatic carbocycles. The van der Waals surface area contributed by atoms with Crippen molar-refractivity contribution in [2.75, 3.05) is 0 Å². The first-order valence-corrected chi connectivity index (χ1v) is 8.60. The fraction of sp³-hybridized carbons (Fsp3) is 0.154. The van der Waals surface area contributed by atoms with Gasteiger partial charge in [0.25, 0.3) is 0 Å². The highest BCUT2D eigenvalue weighted by Gasteiger charge is 2.07. The van der Waals surface area contributed by atoms with E-state index in [0.29, 0.717) is 5.56 Å². The Bertz CT molecular complexity index is 956. The monoisotopic (exact) mass is 356 g/mol. The van der Waals surface area contributed by atoms with Gasteiger partial charge in [0.05, 0.1) is 0 Å². The molecule has 0 spiro atoms. The summed E-state index contributed by atoms with van der Waals surface area (Å²) in [6, 6.07) is 13.0. The van der Waals surface area contributed by atoms with Gasteiger partial charge in [-0.25, -0.2) is 4.39 Å². The molecule has 0 aliphatic heterocycles. The van der Waals surface area contributed by atoms with Crippen molar-refractivity contribution in [2.45, 2.75) is 27.7 Å². The molecule has 0 amide bonds. The summed E-state index contributed by atoms with van der Waals surface area (Å²) in [7, 11) is 0. The van der Waals surface area contributed by atoms with Gasteiger partial charge in [-0.3, -0.25) is 0 Å². The molecule has 27 heavy (non-hydrogen) atoms. The summed E-state index contributed by atoms with van der Waals surface area (Å²) in [5, 5.41) is 0. The first-order valence-electron chi connectivity index (χ1n) is 8.60. The van der Waals surface area contributed by atoms with Gasteiger partial charge in [0.15, 0.2) is 0 Å². The molecule has 0 saturated carbocycles. The molecule has 2 rings (SSSR count). The van der Waals surface area contributed by atoms with Crippen LogP contribution in [0.1, 0.15) is 43.0 Å². The lowest BCUT2D eigenvalue weighted by molar-refractivity contribution is 0.623. The first kappa shape index (κ1) is 21.8. The fourth-order valence-corrected chi connectivity index (χ4v) is 2.33. The first-order chi connectivity index (χ1) is 12.8. The molecule has 2 aromatic carbocycles. The lowest BCUT2D eigenvalue weighted by Crippen LogP contribution is -1.91. The van der Waals surface area contributed by atoms with Crippen LogP contribution >= 0.6 is 0 Å². The van der Waals surface area contributed by atoms with Gasteiger partial charge in [-0.05, 0) is 68.2 Å². The van der Waals surface area contributed by atoms with Crippen molar-refractivity contribution < 1.29 is 4.39 Å². The van der Waals surface area contributed by atoms with E-state index in [-0.39, 0.29) is 5.82 Å². The summed E-state index contributed by atoms with van der Waals surface area (Å²) in [6.07, 6.45) is 13.8. The minimum Gasteiger partial charge on any atom is -0.206 e. The molecule has 0 bridgehead atoms. The topological polar surface area (TPSA) is 0 Å². The van der Waals surface area contributed by atoms with Crippen LogP contribution in [0.5, 0.6) is 0 Å². The smallest absolute Gasteiger partial charge is 0.131 e. The molecule has 2 aromatic rings. The second-order valence-corrected chi connectivity index (χ2v) is 6.24. The number of hydrogen-bond acceptors (Lipinski definition) is 0. The Kier molecular flexibility index (Phi) is 8.58. The zero-order valence-electron chi connectivity index (χ0n) is 16.4. The summed E-state index contributed by atoms with van der Waals surface area (Å²) in [5.41, 5.74) is 6.26. The molecule has 0 fully saturated rings. The molecule has 0 N–H and O–H groups in total. The summed E-state index contributed by atoms with van der Waals surface area (Å²) in [5.74, 6) is 4.78. The molecule has 136 valence electrons. The van der Waals surface area contributed by atoms with E-state index in [2.05, 4.69) is 18.4 Å². The van der Waals surface area contributed by atoms with E-state index in [1.54, 1.807) is 18.2 Å². The van der Waals surface area contributed by atoms with Crippen LogP contribution in [0.4, 0.5) is 4.39 Å². The predicted octanol–water partition coefficient (Wildman–Crippen LogP) is 6.82. The average molecular weight is 356 g/mol. The van der Waals surface area contributed by atoms with Crippen LogP contribution in [-0.4, -0.2) is 0 Å². The number of terminal acetylenes is 2. The maximum atomic E-state index is 14.0. The van der Waals surface area contributed by atoms with Crippen molar-refractivity contribution in [1.82, 2.24) is 0 Å². The van der Waals surface area contributed by atoms with Crippen LogP contribution in [0, 0.1) is 37.4 Å². The van der Waals surface area contributed by atoms with E-state index in [1.807, 2.05) is 58.0 Å². The van der Waals surface area contributed by atoms with Crippen molar-refractivity contribution >= 4 is 11.1 Å². The van der Waals surface area contributed by atoms with Crippen molar-refractivity contribution in [3.63, 3.8) is 0 Å². The molecule has 0 unspecified atom stereocenters. The second-order valence-electron chi connectivity index (χ2n) is 6.24. The van der Waals surface area contributed by atoms with Crippen LogP contribution in [0.2, 0.25) is 0 Å². The lowest BCUT2D eigenvalue weighted by atomic mass is 9.98. The van der Waals surface area contributed by atoms with E-state index >= 15 is 0 Å². The minimum atomic E-state index is -0.235. The van der Waals surface area contributed by atoms with Crippen LogP contribution in [-0.2, 0) is 0 Å². The van der Waals surface area contributed by atoms with Crippen molar-refractivity contribution in [2.24, 2.45) is 0 Å². The highest BCUT2D eigenvalue weighted by molar-refractivity contribution is 5.71. The van der Waals surface area contributed by atoms with Gasteiger partial charge in [-0.1, -0.05) is 60.4 Å². The number of benzene rings is 2. The number of aryl methyl sites for hydroxylation is 1. The average Bonchev–Trinajstić information content (AvgIpc) is 2.66. The largest absolute Gasteiger partial charge is 0.206 e. The number of allylic oxidation sites excluding steroid dienone is 5. The normalized spacial score (nSPS) is 10.9. The Morgan fingerprint density at radius 2 is 1.74 bits per heavy atom. The van der Waals surface area contributed by atoms with Gasteiger partial charge in [0.2, 0.25) is 0 Å². The quantitative estimate of drug-likeness (QED) is 0.418. The van der Waals surface area contributed by atoms with Gasteiger partial charge in [0.1, 0.15) is 5.82 Å². The summed E-state index contributed by atoms with van der Waals surface area (Å²) in [6.45, 7) is 11.5. The maximum Gasteiger partial charge on any atom is 0.131 e. The van der Waals surface area contributed by atoms with E-state index in [1.165, 1.54) is 11.6 Å². The highest BCUT2D eigenvalue weighted by atomic mass is 19.1. The number of hydrogen-bond donors (Lipinski definition) is 0. The summed E-state index contributed by atoms with van der Waals surface area (Å²) in [4.78, 5) is 0. The highest BCUT2D eigenvalue weighted by Crippen LogP contribution is 2.24. The third kappa shape index (κ3) is 6.50. The number of halogens is 1. The molecular weight excluding hydrogens is 331 g/mol. The predicted molar refractivity (Wildman–Crippen MR) is 116 cm³/mol. The molecule has 0 radical (unpaired) electrons. The number of rotatable bonds is 3. The fourth-order valence-electron chi connectivity index (χ4n) is 2.33. The van der Waals surface area contributed by atoms with Gasteiger partial charge in [0, 0.05) is 11.1 Å². The van der Waals surface area contributed by atoms with Crippen LogP contribution in [0.3, 0.4) is 0 Å². The van der Waals surface area contributed by atoms with Crippen LogP contribution < -0.4 is 0 Å². The SMILES string of the molecule is C#C/C=C\C(C)=C(/C)c1ccc(C(=C)C)cc1F.C#Cc1ccccc1C. The molecule has 0 nitrogen and oxygen atoms in total.